The van der Waals surface area contributed by atoms with Gasteiger partial charge in [0.2, 0.25) is 29.5 Å². The van der Waals surface area contributed by atoms with Crippen LogP contribution in [0.3, 0.4) is 0 Å². The summed E-state index contributed by atoms with van der Waals surface area (Å²) in [5, 5.41) is 22.0. The van der Waals surface area contributed by atoms with E-state index >= 15 is 0 Å². The molecule has 1 unspecified atom stereocenters. The second-order valence-electron chi connectivity index (χ2n) is 13.0. The fourth-order valence-electron chi connectivity index (χ4n) is 7.61. The van der Waals surface area contributed by atoms with Crippen molar-refractivity contribution < 1.29 is 23.2 Å². The Balaban J connectivity index is 1.34. The van der Waals surface area contributed by atoms with E-state index in [1.165, 1.54) is 12.1 Å². The molecule has 2 fully saturated rings. The van der Waals surface area contributed by atoms with Gasteiger partial charge in [0.1, 0.15) is 17.3 Å². The zero-order valence-corrected chi connectivity index (χ0v) is 26.3. The average Bonchev–Trinajstić information content (AvgIpc) is 3.51. The minimum absolute atomic E-state index is 0.0320. The minimum Gasteiger partial charge on any atom is -0.419 e. The number of hydrogen-bond acceptors (Lipinski definition) is 8. The molecule has 1 saturated heterocycles. The normalized spacial score (nSPS) is 20.9. The van der Waals surface area contributed by atoms with Gasteiger partial charge in [-0.05, 0) is 116 Å². The fourth-order valence-corrected chi connectivity index (χ4v) is 7.61. The highest BCUT2D eigenvalue weighted by Crippen LogP contribution is 2.49. The first-order valence-corrected chi connectivity index (χ1v) is 16.0. The van der Waals surface area contributed by atoms with Crippen molar-refractivity contribution >= 4 is 17.7 Å². The number of rotatable bonds is 9. The van der Waals surface area contributed by atoms with E-state index in [9.17, 15) is 24.0 Å². The first-order chi connectivity index (χ1) is 23.1. The molecule has 0 radical (unpaired) electrons. The molecule has 4 aromatic rings. The number of aromatic nitrogens is 2. The highest BCUT2D eigenvalue weighted by molar-refractivity contribution is 5.94. The monoisotopic (exact) mass is 647 g/mol. The van der Waals surface area contributed by atoms with E-state index in [1.54, 1.807) is 41.3 Å². The lowest BCUT2D eigenvalue weighted by Crippen LogP contribution is -2.46. The molecule has 1 saturated carbocycles. The molecule has 4 atom stereocenters. The quantitative estimate of drug-likeness (QED) is 0.247. The number of benzene rings is 3. The van der Waals surface area contributed by atoms with Crippen molar-refractivity contribution in [2.75, 3.05) is 6.54 Å². The summed E-state index contributed by atoms with van der Waals surface area (Å²) in [5.74, 6) is -0.827. The number of carbonyl (C=O) groups excluding carboxylic acids is 3. The van der Waals surface area contributed by atoms with Crippen LogP contribution in [0.15, 0.2) is 65.1 Å². The van der Waals surface area contributed by atoms with Crippen LogP contribution in [0.1, 0.15) is 75.0 Å². The molecule has 2 heterocycles. The molecule has 244 valence electrons. The fraction of sp³-hybridized carbons (Fsp3) is 0.333. The first-order valence-electron chi connectivity index (χ1n) is 16.0. The molecule has 1 aromatic heterocycles. The van der Waals surface area contributed by atoms with E-state index < -0.39 is 29.1 Å². The molecule has 0 spiro atoms. The number of nitrogens with zero attached hydrogens (tertiary/aromatic N) is 4. The van der Waals surface area contributed by atoms with Crippen molar-refractivity contribution in [2.45, 2.75) is 62.6 Å². The number of nitrogens with two attached hydrogens (primary N) is 2. The molecule has 11 nitrogen and oxygen atoms in total. The number of nitriles is 1. The molecule has 12 heteroatoms. The Kier molecular flexibility index (Phi) is 7.80. The second-order valence-corrected chi connectivity index (χ2v) is 13.0. The minimum atomic E-state index is -1.13. The van der Waals surface area contributed by atoms with Crippen LogP contribution in [0.5, 0.6) is 0 Å². The van der Waals surface area contributed by atoms with Gasteiger partial charge < -0.3 is 26.1 Å². The molecule has 0 bridgehead atoms. The molecule has 3 amide bonds. The summed E-state index contributed by atoms with van der Waals surface area (Å²) >= 11 is 0. The van der Waals surface area contributed by atoms with Gasteiger partial charge in [0.15, 0.2) is 0 Å². The van der Waals surface area contributed by atoms with Crippen LogP contribution in [-0.4, -0.2) is 57.5 Å². The lowest BCUT2D eigenvalue weighted by atomic mass is 9.68. The van der Waals surface area contributed by atoms with Crippen LogP contribution in [0.4, 0.5) is 4.39 Å². The van der Waals surface area contributed by atoms with Crippen LogP contribution < -0.4 is 16.8 Å². The summed E-state index contributed by atoms with van der Waals surface area (Å²) in [6.45, 7) is 1.99. The van der Waals surface area contributed by atoms with Crippen LogP contribution >= 0.6 is 0 Å². The van der Waals surface area contributed by atoms with Crippen molar-refractivity contribution in [1.29, 1.82) is 5.26 Å². The molecule has 2 aliphatic carbocycles. The number of aryl methyl sites for hydroxylation is 2. The Morgan fingerprint density at radius 2 is 1.62 bits per heavy atom. The molecule has 5 N–H and O–H groups in total. The van der Waals surface area contributed by atoms with Crippen LogP contribution in [-0.2, 0) is 23.1 Å². The molecule has 1 aliphatic heterocycles. The Morgan fingerprint density at radius 3 is 2.21 bits per heavy atom. The van der Waals surface area contributed by atoms with E-state index in [0.29, 0.717) is 48.3 Å². The largest absolute Gasteiger partial charge is 0.419 e. The average molecular weight is 648 g/mol. The zero-order chi connectivity index (χ0) is 33.7. The van der Waals surface area contributed by atoms with Gasteiger partial charge in [-0.3, -0.25) is 14.4 Å². The molecule has 3 aliphatic rings. The lowest BCUT2D eigenvalue weighted by Gasteiger charge is -2.36. The smallest absolute Gasteiger partial charge is 0.248 e. The van der Waals surface area contributed by atoms with Crippen LogP contribution in [0, 0.1) is 23.1 Å². The first kappa shape index (κ1) is 31.2. The highest BCUT2D eigenvalue weighted by Gasteiger charge is 2.54. The van der Waals surface area contributed by atoms with Gasteiger partial charge in [-0.1, -0.05) is 12.1 Å². The number of primary amides is 2. The van der Waals surface area contributed by atoms with Gasteiger partial charge >= 0.3 is 0 Å². The number of amides is 3. The Labute approximate surface area is 276 Å². The predicted molar refractivity (Wildman–Crippen MR) is 172 cm³/mol. The van der Waals surface area contributed by atoms with Crippen molar-refractivity contribution in [2.24, 2.45) is 17.4 Å². The standard InChI is InChI=1S/C36H34FN7O4/c1-19(41-18-31(45)44-27(17-38)14-25-15-30(25)44)16-36(35-43-42-34(48-35)20-4-8-26(37)9-5-20)28-10-6-23(32(39)46)12-21(28)2-3-22-13-24(33(40)47)7-11-29(22)36/h4-13,19,25,27,30,41H,2-3,14-16,18H2,1H3,(H2,39,46)(H2,40,47)/t19-,25+,27?,30-/m0/s1. The Morgan fingerprint density at radius 1 is 1.00 bits per heavy atom. The molecule has 3 aromatic carbocycles. The number of nitrogens with one attached hydrogen (secondary N) is 1. The molecular weight excluding hydrogens is 613 g/mol. The second kappa shape index (κ2) is 12.0. The summed E-state index contributed by atoms with van der Waals surface area (Å²) in [7, 11) is 0. The van der Waals surface area contributed by atoms with Crippen molar-refractivity contribution in [3.8, 4) is 17.5 Å². The third-order valence-electron chi connectivity index (χ3n) is 10.00. The Bertz CT molecular complexity index is 1920. The number of hydrogen-bond donors (Lipinski definition) is 3. The maximum absolute atomic E-state index is 13.8. The number of fused-ring (bicyclic) bond motifs is 3. The molecular formula is C36H34FN7O4. The van der Waals surface area contributed by atoms with E-state index in [2.05, 4.69) is 21.6 Å². The summed E-state index contributed by atoms with van der Waals surface area (Å²) in [6.07, 6.45) is 3.00. The maximum Gasteiger partial charge on any atom is 0.248 e. The highest BCUT2D eigenvalue weighted by atomic mass is 19.1. The summed E-state index contributed by atoms with van der Waals surface area (Å²) in [5.41, 5.74) is 14.7. The summed E-state index contributed by atoms with van der Waals surface area (Å²) < 4.78 is 20.2. The number of piperidine rings is 1. The van der Waals surface area contributed by atoms with Crippen LogP contribution in [0.2, 0.25) is 0 Å². The number of carbonyl (C=O) groups is 3. The lowest BCUT2D eigenvalue weighted by molar-refractivity contribution is -0.131. The summed E-state index contributed by atoms with van der Waals surface area (Å²) in [6, 6.07) is 18.0. The van der Waals surface area contributed by atoms with Gasteiger partial charge in [0.25, 0.3) is 0 Å². The van der Waals surface area contributed by atoms with E-state index in [-0.39, 0.29) is 36.3 Å². The van der Waals surface area contributed by atoms with E-state index in [1.807, 2.05) is 19.1 Å². The zero-order valence-electron chi connectivity index (χ0n) is 26.3. The van der Waals surface area contributed by atoms with Gasteiger partial charge in [-0.25, -0.2) is 4.39 Å². The van der Waals surface area contributed by atoms with Crippen molar-refractivity contribution in [1.82, 2.24) is 20.4 Å². The van der Waals surface area contributed by atoms with E-state index in [4.69, 9.17) is 15.9 Å². The third kappa shape index (κ3) is 5.40. The van der Waals surface area contributed by atoms with Gasteiger partial charge in [-0.15, -0.1) is 10.2 Å². The van der Waals surface area contributed by atoms with E-state index in [0.717, 1.165) is 28.7 Å². The topological polar surface area (TPSA) is 181 Å². The molecule has 7 rings (SSSR count). The van der Waals surface area contributed by atoms with Gasteiger partial charge in [-0.2, -0.15) is 5.26 Å². The van der Waals surface area contributed by atoms with Gasteiger partial charge in [0.05, 0.1) is 12.6 Å². The SMILES string of the molecule is C[C@@H](CC1(c2nnc(-c3ccc(F)cc3)o2)c2ccc(C(N)=O)cc2CCc2cc(C(N)=O)ccc21)NCC(=O)N1C(C#N)C[C@@H]2C[C@@H]21. The molecule has 48 heavy (non-hydrogen) atoms. The van der Waals surface area contributed by atoms with Crippen LogP contribution in [0.25, 0.3) is 11.5 Å². The van der Waals surface area contributed by atoms with Crippen molar-refractivity contribution in [3.05, 3.63) is 106 Å². The number of likely N-dealkylation sites (tertiary alicyclic amines) is 1. The predicted octanol–water partition coefficient (Wildman–Crippen LogP) is 3.39. The van der Waals surface area contributed by atoms with Gasteiger partial charge in [0, 0.05) is 28.8 Å². The number of halogens is 1. The summed E-state index contributed by atoms with van der Waals surface area (Å²) in [4.78, 5) is 39.7. The Hall–Kier alpha value is -5.41. The van der Waals surface area contributed by atoms with Crippen molar-refractivity contribution in [3.63, 3.8) is 0 Å². The third-order valence-corrected chi connectivity index (χ3v) is 10.00. The maximum atomic E-state index is 13.8.